The van der Waals surface area contributed by atoms with E-state index >= 15 is 0 Å². The fourth-order valence-electron chi connectivity index (χ4n) is 1.19. The fraction of sp³-hybridized carbons (Fsp3) is 0.308. The second-order valence-corrected chi connectivity index (χ2v) is 4.46. The number of hydrogen-bond donors (Lipinski definition) is 1. The van der Waals surface area contributed by atoms with E-state index in [1.807, 2.05) is 30.3 Å². The molecule has 5 heteroatoms. The molecule has 2 N–H and O–H groups in total. The number of carbonyl (C=O) groups excluding carboxylic acids is 1. The normalized spacial score (nSPS) is 11.8. The van der Waals surface area contributed by atoms with Crippen LogP contribution in [0.15, 0.2) is 42.8 Å². The van der Waals surface area contributed by atoms with Crippen molar-refractivity contribution >= 4 is 17.8 Å². The van der Waals surface area contributed by atoms with Crippen molar-refractivity contribution in [1.82, 2.24) is 0 Å². The van der Waals surface area contributed by atoms with Gasteiger partial charge < -0.3 is 14.7 Å². The summed E-state index contributed by atoms with van der Waals surface area (Å²) in [6.07, 6.45) is -0.625. The summed E-state index contributed by atoms with van der Waals surface area (Å²) in [6.45, 7) is 4.98. The van der Waals surface area contributed by atoms with Gasteiger partial charge >= 0.3 is 0 Å². The monoisotopic (exact) mass is 267 g/mol. The van der Waals surface area contributed by atoms with Crippen molar-refractivity contribution in [3.63, 3.8) is 0 Å². The summed E-state index contributed by atoms with van der Waals surface area (Å²) in [5.74, 6) is 0.572. The van der Waals surface area contributed by atoms with Crippen LogP contribution in [-0.4, -0.2) is 18.5 Å². The molecule has 18 heavy (non-hydrogen) atoms. The fourth-order valence-corrected chi connectivity index (χ4v) is 1.81. The summed E-state index contributed by atoms with van der Waals surface area (Å²) < 4.78 is 10.2. The van der Waals surface area contributed by atoms with Gasteiger partial charge in [-0.3, -0.25) is 4.79 Å². The highest BCUT2D eigenvalue weighted by Crippen LogP contribution is 2.13. The van der Waals surface area contributed by atoms with Gasteiger partial charge in [-0.15, -0.1) is 0 Å². The van der Waals surface area contributed by atoms with Crippen LogP contribution in [0.25, 0.3) is 0 Å². The maximum atomic E-state index is 11.5. The molecule has 0 bridgehead atoms. The van der Waals surface area contributed by atoms with Crippen LogP contribution >= 0.6 is 12.0 Å². The molecule has 0 spiro atoms. The zero-order valence-electron chi connectivity index (χ0n) is 10.3. The first-order chi connectivity index (χ1) is 8.59. The summed E-state index contributed by atoms with van der Waals surface area (Å²) in [5.41, 5.74) is 6.39. The summed E-state index contributed by atoms with van der Waals surface area (Å²) in [4.78, 5) is 11.5. The second-order valence-electron chi connectivity index (χ2n) is 3.70. The minimum absolute atomic E-state index is 0.00799. The number of rotatable bonds is 8. The molecule has 0 heterocycles. The molecule has 0 aliphatic heterocycles. The molecule has 0 saturated carbocycles. The van der Waals surface area contributed by atoms with E-state index in [0.29, 0.717) is 5.75 Å². The van der Waals surface area contributed by atoms with Crippen LogP contribution < -0.4 is 5.73 Å². The zero-order chi connectivity index (χ0) is 13.4. The van der Waals surface area contributed by atoms with Crippen LogP contribution in [0.5, 0.6) is 0 Å². The van der Waals surface area contributed by atoms with Crippen molar-refractivity contribution in [2.24, 2.45) is 5.73 Å². The van der Waals surface area contributed by atoms with Gasteiger partial charge in [0, 0.05) is 5.75 Å². The summed E-state index contributed by atoms with van der Waals surface area (Å²) >= 11 is 1.24. The van der Waals surface area contributed by atoms with Gasteiger partial charge in [0.15, 0.2) is 17.8 Å². The first-order valence-electron chi connectivity index (χ1n) is 5.51. The van der Waals surface area contributed by atoms with Crippen LogP contribution in [0.3, 0.4) is 0 Å². The van der Waals surface area contributed by atoms with Crippen LogP contribution in [-0.2, 0) is 19.5 Å². The van der Waals surface area contributed by atoms with Crippen LogP contribution in [0, 0.1) is 0 Å². The average Bonchev–Trinajstić information content (AvgIpc) is 2.34. The number of benzene rings is 1. The molecule has 0 saturated heterocycles. The first kappa shape index (κ1) is 14.6. The van der Waals surface area contributed by atoms with Gasteiger partial charge in [0.25, 0.3) is 0 Å². The molecule has 1 rings (SSSR count). The Balaban J connectivity index is 2.18. The maximum Gasteiger partial charge on any atom is 0.199 e. The largest absolute Gasteiger partial charge is 0.469 e. The molecule has 4 nitrogen and oxygen atoms in total. The van der Waals surface area contributed by atoms with Gasteiger partial charge in [-0.2, -0.15) is 0 Å². The van der Waals surface area contributed by atoms with Crippen molar-refractivity contribution < 1.29 is 13.7 Å². The molecule has 1 atom stereocenters. The Morgan fingerprint density at radius 3 is 2.72 bits per heavy atom. The Morgan fingerprint density at radius 1 is 1.44 bits per heavy atom. The lowest BCUT2D eigenvalue weighted by atomic mass is 10.2. The predicted octanol–water partition coefficient (Wildman–Crippen LogP) is 2.26. The molecule has 0 aromatic heterocycles. The van der Waals surface area contributed by atoms with E-state index in [1.54, 1.807) is 6.92 Å². The van der Waals surface area contributed by atoms with Gasteiger partial charge in [-0.05, 0) is 31.1 Å². The predicted molar refractivity (Wildman–Crippen MR) is 72.6 cm³/mol. The first-order valence-corrected chi connectivity index (χ1v) is 6.42. The molecule has 1 aromatic carbocycles. The van der Waals surface area contributed by atoms with Gasteiger partial charge in [0.05, 0.1) is 0 Å². The average molecular weight is 267 g/mol. The Labute approximate surface area is 111 Å². The Morgan fingerprint density at radius 2 is 2.11 bits per heavy atom. The molecule has 0 radical (unpaired) electrons. The Bertz CT molecular complexity index is 394. The van der Waals surface area contributed by atoms with Gasteiger partial charge in [0.2, 0.25) is 0 Å². The van der Waals surface area contributed by atoms with Gasteiger partial charge in [-0.1, -0.05) is 30.3 Å². The molecule has 0 amide bonds. The second kappa shape index (κ2) is 7.79. The zero-order valence-corrected chi connectivity index (χ0v) is 11.1. The molecule has 0 aliphatic rings. The molecule has 0 fully saturated rings. The number of Topliss-reactive ketones (excluding diaryl/α,β-unsaturated/α-hetero) is 1. The highest BCUT2D eigenvalue weighted by atomic mass is 32.2. The van der Waals surface area contributed by atoms with Crippen molar-refractivity contribution in [3.8, 4) is 0 Å². The lowest BCUT2D eigenvalue weighted by Crippen LogP contribution is -2.25. The van der Waals surface area contributed by atoms with Gasteiger partial charge in [0.1, 0.15) is 6.61 Å². The van der Waals surface area contributed by atoms with Crippen molar-refractivity contribution in [2.75, 3.05) is 6.61 Å². The number of ether oxygens (including phenoxy) is 1. The standard InChI is InChI=1S/C13H17NO3S/c1-10(17-11(2)14)13(15)8-16-18-9-12-6-4-3-5-7-12/h3-7,10H,2,8-9,14H2,1H3. The van der Waals surface area contributed by atoms with E-state index in [0.717, 1.165) is 5.56 Å². The number of hydrogen-bond acceptors (Lipinski definition) is 5. The highest BCUT2D eigenvalue weighted by Gasteiger charge is 2.14. The smallest absolute Gasteiger partial charge is 0.199 e. The van der Waals surface area contributed by atoms with Crippen LogP contribution in [0.2, 0.25) is 0 Å². The third-order valence-electron chi connectivity index (χ3n) is 2.13. The SMILES string of the molecule is C=C(N)OC(C)C(=O)COSCc1ccccc1. The maximum absolute atomic E-state index is 11.5. The van der Waals surface area contributed by atoms with Crippen molar-refractivity contribution in [2.45, 2.75) is 18.8 Å². The van der Waals surface area contributed by atoms with Crippen LogP contribution in [0.1, 0.15) is 12.5 Å². The quantitative estimate of drug-likeness (QED) is 0.445. The molecule has 0 aliphatic carbocycles. The van der Waals surface area contributed by atoms with E-state index in [2.05, 4.69) is 6.58 Å². The topological polar surface area (TPSA) is 61.5 Å². The molecule has 1 aromatic rings. The Kier molecular flexibility index (Phi) is 6.32. The molecule has 1 unspecified atom stereocenters. The number of ketones is 1. The van der Waals surface area contributed by atoms with Crippen LogP contribution in [0.4, 0.5) is 0 Å². The van der Waals surface area contributed by atoms with Crippen molar-refractivity contribution in [3.05, 3.63) is 48.4 Å². The lowest BCUT2D eigenvalue weighted by molar-refractivity contribution is -0.129. The van der Waals surface area contributed by atoms with Gasteiger partial charge in [-0.25, -0.2) is 0 Å². The van der Waals surface area contributed by atoms with Crippen molar-refractivity contribution in [1.29, 1.82) is 0 Å². The molecule has 98 valence electrons. The molecular weight excluding hydrogens is 250 g/mol. The van der Waals surface area contributed by atoms with E-state index in [4.69, 9.17) is 14.7 Å². The summed E-state index contributed by atoms with van der Waals surface area (Å²) in [5, 5.41) is 0. The number of nitrogens with two attached hydrogens (primary N) is 1. The van der Waals surface area contributed by atoms with E-state index in [1.165, 1.54) is 12.0 Å². The summed E-state index contributed by atoms with van der Waals surface area (Å²) in [6, 6.07) is 9.88. The minimum atomic E-state index is -0.625. The van der Waals surface area contributed by atoms with E-state index < -0.39 is 6.10 Å². The van der Waals surface area contributed by atoms with E-state index in [-0.39, 0.29) is 18.3 Å². The summed E-state index contributed by atoms with van der Waals surface area (Å²) in [7, 11) is 0. The number of carbonyl (C=O) groups is 1. The third kappa shape index (κ3) is 5.75. The lowest BCUT2D eigenvalue weighted by Gasteiger charge is -2.12. The molecular formula is C13H17NO3S. The van der Waals surface area contributed by atoms with E-state index in [9.17, 15) is 4.79 Å². The Hall–Kier alpha value is -1.46. The third-order valence-corrected chi connectivity index (χ3v) is 2.87. The highest BCUT2D eigenvalue weighted by molar-refractivity contribution is 7.93. The minimum Gasteiger partial charge on any atom is -0.469 e.